The van der Waals surface area contributed by atoms with Gasteiger partial charge in [0.05, 0.1) is 5.45 Å². The third-order valence-corrected chi connectivity index (χ3v) is 3.47. The van der Waals surface area contributed by atoms with Gasteiger partial charge >= 0.3 is 0 Å². The Hall–Kier alpha value is -1.42. The van der Waals surface area contributed by atoms with E-state index in [1.54, 1.807) is 12.4 Å². The maximum atomic E-state index is 4.19. The van der Waals surface area contributed by atoms with Gasteiger partial charge in [0.1, 0.15) is 8.07 Å². The van der Waals surface area contributed by atoms with Crippen molar-refractivity contribution in [3.8, 4) is 0 Å². The normalized spacial score (nSPS) is 10.3. The molecule has 0 saturated carbocycles. The monoisotopic (exact) mass is 219 g/mol. The first-order valence-corrected chi connectivity index (χ1v) is 8.45. The zero-order valence-corrected chi connectivity index (χ0v) is 10.4. The van der Waals surface area contributed by atoms with Crippen molar-refractivity contribution in [3.63, 3.8) is 0 Å². The molecule has 0 saturated heterocycles. The minimum atomic E-state index is -1.15. The summed E-state index contributed by atoms with van der Waals surface area (Å²) >= 11 is 0. The van der Waals surface area contributed by atoms with E-state index in [9.17, 15) is 0 Å². The first kappa shape index (κ1) is 11.7. The van der Waals surface area contributed by atoms with Gasteiger partial charge in [-0.05, 0) is 12.1 Å². The molecule has 0 spiro atoms. The van der Waals surface area contributed by atoms with Crippen molar-refractivity contribution < 1.29 is 0 Å². The summed E-state index contributed by atoms with van der Waals surface area (Å²) < 4.78 is 0. The first-order chi connectivity index (χ1) is 7.11. The van der Waals surface area contributed by atoms with Crippen molar-refractivity contribution in [2.75, 3.05) is 0 Å². The molecule has 0 bridgehead atoms. The molecular formula is C11H17N3Si. The highest BCUT2D eigenvalue weighted by atomic mass is 28.3. The van der Waals surface area contributed by atoms with Crippen molar-refractivity contribution in [3.05, 3.63) is 43.0 Å². The van der Waals surface area contributed by atoms with E-state index in [1.807, 2.05) is 30.6 Å². The molecule has 2 rings (SSSR count). The summed E-state index contributed by atoms with van der Waals surface area (Å²) in [4.78, 5) is 11.1. The number of hydrogen-bond acceptors (Lipinski definition) is 2. The van der Waals surface area contributed by atoms with Gasteiger partial charge in [0.2, 0.25) is 0 Å². The molecule has 0 radical (unpaired) electrons. The zero-order chi connectivity index (χ0) is 11.1. The van der Waals surface area contributed by atoms with Crippen LogP contribution in [-0.4, -0.2) is 23.0 Å². The van der Waals surface area contributed by atoms with E-state index in [0.29, 0.717) is 0 Å². The molecule has 1 N–H and O–H groups in total. The molecule has 2 heterocycles. The highest BCUT2D eigenvalue weighted by Crippen LogP contribution is 1.96. The Kier molecular flexibility index (Phi) is 4.24. The standard InChI is InChI=1S/C6H12N2Si.C5H5N/c1-9(2,3)6-7-4-5-8-6;1-2-4-6-5-3-1/h4-5H,1-3H3,(H,7,8);1-5H. The fourth-order valence-electron chi connectivity index (χ4n) is 0.988. The lowest BCUT2D eigenvalue weighted by molar-refractivity contribution is 1.33. The van der Waals surface area contributed by atoms with Gasteiger partial charge in [-0.3, -0.25) is 4.98 Å². The molecule has 0 aromatic carbocycles. The average molecular weight is 219 g/mol. The van der Waals surface area contributed by atoms with E-state index in [0.717, 1.165) is 0 Å². The Morgan fingerprint density at radius 2 is 1.67 bits per heavy atom. The second-order valence-electron chi connectivity index (χ2n) is 4.21. The van der Waals surface area contributed by atoms with Crippen LogP contribution in [0, 0.1) is 0 Å². The van der Waals surface area contributed by atoms with Crippen LogP contribution in [0.1, 0.15) is 0 Å². The van der Waals surface area contributed by atoms with Crippen molar-refractivity contribution >= 4 is 13.5 Å². The van der Waals surface area contributed by atoms with Crippen LogP contribution in [0.25, 0.3) is 0 Å². The van der Waals surface area contributed by atoms with Gasteiger partial charge in [-0.1, -0.05) is 25.7 Å². The third kappa shape index (κ3) is 4.55. The number of nitrogens with one attached hydrogen (secondary N) is 1. The molecule has 4 heteroatoms. The lowest BCUT2D eigenvalue weighted by atomic mass is 10.5. The van der Waals surface area contributed by atoms with Gasteiger partial charge in [0.25, 0.3) is 0 Å². The number of imidazole rings is 1. The molecule has 80 valence electrons. The quantitative estimate of drug-likeness (QED) is 0.746. The van der Waals surface area contributed by atoms with Crippen LogP contribution in [0.5, 0.6) is 0 Å². The molecule has 2 aromatic rings. The van der Waals surface area contributed by atoms with Crippen LogP contribution < -0.4 is 5.45 Å². The second kappa shape index (κ2) is 5.46. The predicted octanol–water partition coefficient (Wildman–Crippen LogP) is 2.04. The summed E-state index contributed by atoms with van der Waals surface area (Å²) in [5, 5.41) is 0. The van der Waals surface area contributed by atoms with Gasteiger partial charge in [0.15, 0.2) is 0 Å². The topological polar surface area (TPSA) is 41.6 Å². The van der Waals surface area contributed by atoms with Crippen LogP contribution in [0.3, 0.4) is 0 Å². The van der Waals surface area contributed by atoms with E-state index in [-0.39, 0.29) is 0 Å². The molecule has 0 aliphatic carbocycles. The summed E-state index contributed by atoms with van der Waals surface area (Å²) in [6, 6.07) is 5.72. The molecule has 3 nitrogen and oxygen atoms in total. The molecule has 2 aromatic heterocycles. The minimum Gasteiger partial charge on any atom is -0.353 e. The second-order valence-corrected chi connectivity index (χ2v) is 9.19. The largest absolute Gasteiger partial charge is 0.353 e. The summed E-state index contributed by atoms with van der Waals surface area (Å²) in [6.45, 7) is 6.81. The third-order valence-electron chi connectivity index (χ3n) is 1.78. The van der Waals surface area contributed by atoms with Crippen molar-refractivity contribution in [2.45, 2.75) is 19.6 Å². The summed E-state index contributed by atoms with van der Waals surface area (Å²) in [5.41, 5.74) is 1.18. The summed E-state index contributed by atoms with van der Waals surface area (Å²) in [7, 11) is -1.15. The van der Waals surface area contributed by atoms with E-state index >= 15 is 0 Å². The van der Waals surface area contributed by atoms with Crippen LogP contribution in [0.4, 0.5) is 0 Å². The maximum absolute atomic E-state index is 4.19. The Bertz CT molecular complexity index is 324. The Labute approximate surface area is 91.6 Å². The number of hydrogen-bond donors (Lipinski definition) is 1. The Morgan fingerprint density at radius 1 is 1.00 bits per heavy atom. The molecule has 0 amide bonds. The number of aromatic nitrogens is 3. The molecular weight excluding hydrogens is 202 g/mol. The molecule has 0 atom stereocenters. The van der Waals surface area contributed by atoms with Gasteiger partial charge < -0.3 is 4.98 Å². The number of pyridine rings is 1. The van der Waals surface area contributed by atoms with Crippen molar-refractivity contribution in [2.24, 2.45) is 0 Å². The Balaban J connectivity index is 0.000000162. The zero-order valence-electron chi connectivity index (χ0n) is 9.44. The summed E-state index contributed by atoms with van der Waals surface area (Å²) in [5.74, 6) is 0. The predicted molar refractivity (Wildman–Crippen MR) is 65.8 cm³/mol. The molecule has 0 fully saturated rings. The van der Waals surface area contributed by atoms with Gasteiger partial charge in [-0.2, -0.15) is 0 Å². The van der Waals surface area contributed by atoms with Gasteiger partial charge in [-0.15, -0.1) is 0 Å². The Morgan fingerprint density at radius 3 is 1.87 bits per heavy atom. The first-order valence-electron chi connectivity index (χ1n) is 4.95. The van der Waals surface area contributed by atoms with Crippen molar-refractivity contribution in [1.82, 2.24) is 15.0 Å². The SMILES string of the molecule is C[Si](C)(C)c1ncc[nH]1.c1ccncc1. The highest BCUT2D eigenvalue weighted by molar-refractivity contribution is 6.87. The smallest absolute Gasteiger partial charge is 0.123 e. The number of aromatic amines is 1. The van der Waals surface area contributed by atoms with Crippen LogP contribution >= 0.6 is 0 Å². The van der Waals surface area contributed by atoms with Crippen LogP contribution in [0.15, 0.2) is 43.0 Å². The molecule has 0 aliphatic heterocycles. The van der Waals surface area contributed by atoms with Crippen LogP contribution in [-0.2, 0) is 0 Å². The number of nitrogens with zero attached hydrogens (tertiary/aromatic N) is 2. The van der Waals surface area contributed by atoms with E-state index in [4.69, 9.17) is 0 Å². The molecule has 0 unspecified atom stereocenters. The van der Waals surface area contributed by atoms with Gasteiger partial charge in [0, 0.05) is 24.8 Å². The highest BCUT2D eigenvalue weighted by Gasteiger charge is 2.18. The van der Waals surface area contributed by atoms with Crippen molar-refractivity contribution in [1.29, 1.82) is 0 Å². The average Bonchev–Trinajstić information content (AvgIpc) is 2.73. The summed E-state index contributed by atoms with van der Waals surface area (Å²) in [6.07, 6.45) is 7.20. The lowest BCUT2D eigenvalue weighted by Gasteiger charge is -2.10. The van der Waals surface area contributed by atoms with E-state index in [1.165, 1.54) is 5.45 Å². The molecule has 15 heavy (non-hydrogen) atoms. The van der Waals surface area contributed by atoms with Crippen LogP contribution in [0.2, 0.25) is 19.6 Å². The number of rotatable bonds is 1. The van der Waals surface area contributed by atoms with E-state index in [2.05, 4.69) is 34.6 Å². The fourth-order valence-corrected chi connectivity index (χ4v) is 1.97. The van der Waals surface area contributed by atoms with Gasteiger partial charge in [-0.25, -0.2) is 4.98 Å². The maximum Gasteiger partial charge on any atom is 0.123 e. The molecule has 0 aliphatic rings. The van der Waals surface area contributed by atoms with E-state index < -0.39 is 8.07 Å². The minimum absolute atomic E-state index is 1.15. The fraction of sp³-hybridized carbons (Fsp3) is 0.273. The lowest BCUT2D eigenvalue weighted by Crippen LogP contribution is -2.40. The number of H-pyrrole nitrogens is 1.